The van der Waals surface area contributed by atoms with Gasteiger partial charge in [-0.25, -0.2) is 0 Å². The highest BCUT2D eigenvalue weighted by atomic mass is 16.5. The molecule has 2 aromatic carbocycles. The number of aliphatic carboxylic acids is 1. The van der Waals surface area contributed by atoms with Crippen LogP contribution >= 0.6 is 0 Å². The lowest BCUT2D eigenvalue weighted by atomic mass is 9.87. The van der Waals surface area contributed by atoms with Gasteiger partial charge in [-0.2, -0.15) is 0 Å². The third kappa shape index (κ3) is 6.30. The van der Waals surface area contributed by atoms with E-state index in [1.54, 1.807) is 0 Å². The average molecular weight is 471 g/mol. The van der Waals surface area contributed by atoms with Gasteiger partial charge in [-0.1, -0.05) is 57.7 Å². The van der Waals surface area contributed by atoms with Crippen molar-refractivity contribution >= 4 is 22.4 Å². The van der Waals surface area contributed by atoms with Gasteiger partial charge in [-0.05, 0) is 78.3 Å². The van der Waals surface area contributed by atoms with Crippen LogP contribution in [0.15, 0.2) is 67.3 Å². The van der Waals surface area contributed by atoms with E-state index < -0.39 is 5.97 Å². The molecule has 182 valence electrons. The summed E-state index contributed by atoms with van der Waals surface area (Å²) < 4.78 is 6.20. The molecule has 0 amide bonds. The van der Waals surface area contributed by atoms with Crippen molar-refractivity contribution in [2.24, 2.45) is 5.92 Å². The first-order valence-corrected chi connectivity index (χ1v) is 12.2. The summed E-state index contributed by atoms with van der Waals surface area (Å²) >= 11 is 0. The maximum absolute atomic E-state index is 11.0. The van der Waals surface area contributed by atoms with Crippen molar-refractivity contribution < 1.29 is 14.6 Å². The Hall–Kier alpha value is -3.60. The number of ether oxygens (including phenoxy) is 1. The number of nitrogens with zero attached hydrogens (tertiary/aromatic N) is 1. The first-order chi connectivity index (χ1) is 16.7. The third-order valence-corrected chi connectivity index (χ3v) is 6.41. The minimum atomic E-state index is -0.933. The number of aromatic nitrogens is 1. The third-order valence-electron chi connectivity index (χ3n) is 6.41. The minimum Gasteiger partial charge on any atom is -0.480 e. The standard InChI is InChI=1S/C30H34N2O3/c1-20(31-19-29(33)34)27-17-22-10-13-25(35-24-14-11-23(12-15-24)30(2,3)4)18-26(22)28(32-27)16-21-8-6-5-7-9-21/h6,8,10-15,17-18,21,31H,1,5,7,9,16,19H2,2-4H3,(H,33,34). The highest BCUT2D eigenvalue weighted by molar-refractivity contribution is 5.88. The molecule has 0 saturated carbocycles. The number of hydrogen-bond acceptors (Lipinski definition) is 4. The Kier molecular flexibility index (Phi) is 7.25. The number of pyridine rings is 1. The molecule has 1 atom stereocenters. The van der Waals surface area contributed by atoms with E-state index in [-0.39, 0.29) is 12.0 Å². The smallest absolute Gasteiger partial charge is 0.322 e. The van der Waals surface area contributed by atoms with E-state index in [9.17, 15) is 4.79 Å². The Morgan fingerprint density at radius 2 is 1.89 bits per heavy atom. The molecule has 0 spiro atoms. The number of rotatable bonds is 8. The van der Waals surface area contributed by atoms with Gasteiger partial charge in [0.25, 0.3) is 0 Å². The Morgan fingerprint density at radius 1 is 1.14 bits per heavy atom. The molecule has 0 radical (unpaired) electrons. The fourth-order valence-corrected chi connectivity index (χ4v) is 4.40. The maximum atomic E-state index is 11.0. The fourth-order valence-electron chi connectivity index (χ4n) is 4.40. The molecule has 0 bridgehead atoms. The SMILES string of the molecule is C=C(NCC(=O)O)c1cc2ccc(Oc3ccc(C(C)(C)C)cc3)cc2c(CC2C=CCCC2)n1. The van der Waals surface area contributed by atoms with Crippen molar-refractivity contribution in [2.75, 3.05) is 6.54 Å². The van der Waals surface area contributed by atoms with Gasteiger partial charge < -0.3 is 15.2 Å². The lowest BCUT2D eigenvalue weighted by Gasteiger charge is -2.19. The predicted octanol–water partition coefficient (Wildman–Crippen LogP) is 6.87. The molecule has 0 aliphatic heterocycles. The van der Waals surface area contributed by atoms with Crippen LogP contribution in [0.4, 0.5) is 0 Å². The number of carboxylic acids is 1. The van der Waals surface area contributed by atoms with Crippen molar-refractivity contribution in [1.29, 1.82) is 0 Å². The summed E-state index contributed by atoms with van der Waals surface area (Å²) in [6, 6.07) is 16.2. The van der Waals surface area contributed by atoms with Crippen LogP contribution in [0, 0.1) is 5.92 Å². The molecule has 5 nitrogen and oxygen atoms in total. The van der Waals surface area contributed by atoms with Gasteiger partial charge in [0.15, 0.2) is 0 Å². The summed E-state index contributed by atoms with van der Waals surface area (Å²) in [5.41, 5.74) is 3.51. The molecule has 1 aromatic heterocycles. The topological polar surface area (TPSA) is 71.5 Å². The van der Waals surface area contributed by atoms with Gasteiger partial charge >= 0.3 is 5.97 Å². The number of benzene rings is 2. The van der Waals surface area contributed by atoms with Crippen molar-refractivity contribution in [3.63, 3.8) is 0 Å². The Balaban J connectivity index is 1.66. The van der Waals surface area contributed by atoms with E-state index in [1.807, 2.05) is 30.3 Å². The van der Waals surface area contributed by atoms with Crippen LogP contribution in [-0.4, -0.2) is 22.6 Å². The fraction of sp³-hybridized carbons (Fsp3) is 0.333. The predicted molar refractivity (Wildman–Crippen MR) is 142 cm³/mol. The summed E-state index contributed by atoms with van der Waals surface area (Å²) in [6.07, 6.45) is 8.81. The van der Waals surface area contributed by atoms with Crippen LogP contribution in [0.1, 0.15) is 57.0 Å². The zero-order valence-electron chi connectivity index (χ0n) is 20.8. The van der Waals surface area contributed by atoms with Crippen LogP contribution in [0.25, 0.3) is 16.5 Å². The molecule has 1 aliphatic carbocycles. The van der Waals surface area contributed by atoms with Crippen molar-refractivity contribution in [1.82, 2.24) is 10.3 Å². The van der Waals surface area contributed by atoms with Gasteiger partial charge in [0.2, 0.25) is 0 Å². The highest BCUT2D eigenvalue weighted by Gasteiger charge is 2.16. The van der Waals surface area contributed by atoms with Crippen LogP contribution in [0.2, 0.25) is 0 Å². The molecular weight excluding hydrogens is 436 g/mol. The van der Waals surface area contributed by atoms with Gasteiger partial charge in [-0.3, -0.25) is 9.78 Å². The Bertz CT molecular complexity index is 1250. The molecule has 1 aliphatic rings. The van der Waals surface area contributed by atoms with Crippen molar-refractivity contribution in [3.8, 4) is 11.5 Å². The highest BCUT2D eigenvalue weighted by Crippen LogP contribution is 2.32. The maximum Gasteiger partial charge on any atom is 0.322 e. The quantitative estimate of drug-likeness (QED) is 0.352. The first-order valence-electron chi connectivity index (χ1n) is 12.2. The van der Waals surface area contributed by atoms with Gasteiger partial charge in [-0.15, -0.1) is 0 Å². The number of allylic oxidation sites excluding steroid dienone is 2. The first kappa shape index (κ1) is 24.5. The second-order valence-corrected chi connectivity index (χ2v) is 10.3. The summed E-state index contributed by atoms with van der Waals surface area (Å²) in [5.74, 6) is 1.06. The van der Waals surface area contributed by atoms with E-state index in [4.69, 9.17) is 14.8 Å². The summed E-state index contributed by atoms with van der Waals surface area (Å²) in [6.45, 7) is 10.4. The van der Waals surface area contributed by atoms with Crippen LogP contribution in [-0.2, 0) is 16.6 Å². The summed E-state index contributed by atoms with van der Waals surface area (Å²) in [7, 11) is 0. The van der Waals surface area contributed by atoms with E-state index in [2.05, 4.69) is 63.0 Å². The summed E-state index contributed by atoms with van der Waals surface area (Å²) in [5, 5.41) is 13.9. The van der Waals surface area contributed by atoms with E-state index in [1.165, 1.54) is 12.0 Å². The molecule has 0 fully saturated rings. The number of carbonyl (C=O) groups is 1. The van der Waals surface area contributed by atoms with Gasteiger partial charge in [0.1, 0.15) is 18.0 Å². The molecule has 4 rings (SSSR count). The molecule has 2 N–H and O–H groups in total. The number of nitrogens with one attached hydrogen (secondary N) is 1. The van der Waals surface area contributed by atoms with E-state index in [0.29, 0.717) is 17.3 Å². The van der Waals surface area contributed by atoms with E-state index in [0.717, 1.165) is 47.2 Å². The molecule has 3 aromatic rings. The minimum absolute atomic E-state index is 0.0939. The lowest BCUT2D eigenvalue weighted by molar-refractivity contribution is -0.135. The van der Waals surface area contributed by atoms with Crippen molar-refractivity contribution in [3.05, 3.63) is 84.2 Å². The monoisotopic (exact) mass is 470 g/mol. The second kappa shape index (κ2) is 10.3. The average Bonchev–Trinajstić information content (AvgIpc) is 2.83. The zero-order chi connectivity index (χ0) is 25.0. The summed E-state index contributed by atoms with van der Waals surface area (Å²) in [4.78, 5) is 15.9. The molecule has 5 heteroatoms. The molecule has 1 unspecified atom stereocenters. The number of hydrogen-bond donors (Lipinski definition) is 2. The number of carboxylic acid groups (broad SMARTS) is 1. The number of fused-ring (bicyclic) bond motifs is 1. The molecule has 1 heterocycles. The molecular formula is C30H34N2O3. The van der Waals surface area contributed by atoms with Gasteiger partial charge in [0, 0.05) is 11.1 Å². The van der Waals surface area contributed by atoms with E-state index >= 15 is 0 Å². The van der Waals surface area contributed by atoms with Crippen LogP contribution < -0.4 is 10.1 Å². The van der Waals surface area contributed by atoms with Crippen LogP contribution in [0.3, 0.4) is 0 Å². The van der Waals surface area contributed by atoms with Gasteiger partial charge in [0.05, 0.1) is 11.4 Å². The Labute approximate surface area is 207 Å². The van der Waals surface area contributed by atoms with Crippen molar-refractivity contribution in [2.45, 2.75) is 51.9 Å². The lowest BCUT2D eigenvalue weighted by Crippen LogP contribution is -2.21. The molecule has 35 heavy (non-hydrogen) atoms. The zero-order valence-corrected chi connectivity index (χ0v) is 20.8. The van der Waals surface area contributed by atoms with Crippen LogP contribution in [0.5, 0.6) is 11.5 Å². The molecule has 0 saturated heterocycles. The largest absolute Gasteiger partial charge is 0.480 e. The second-order valence-electron chi connectivity index (χ2n) is 10.3. The Morgan fingerprint density at radius 3 is 2.54 bits per heavy atom. The normalized spacial score (nSPS) is 15.7.